The Morgan fingerprint density at radius 1 is 0.857 bits per heavy atom. The molecule has 0 aliphatic carbocycles. The lowest BCUT2D eigenvalue weighted by atomic mass is 10.1. The van der Waals surface area contributed by atoms with Crippen molar-refractivity contribution in [2.45, 2.75) is 6.54 Å². The summed E-state index contributed by atoms with van der Waals surface area (Å²) in [5.74, 6) is 0.431. The van der Waals surface area contributed by atoms with E-state index in [1.165, 1.54) is 0 Å². The summed E-state index contributed by atoms with van der Waals surface area (Å²) in [5.41, 5.74) is 2.96. The van der Waals surface area contributed by atoms with E-state index in [0.29, 0.717) is 12.3 Å². The van der Waals surface area contributed by atoms with E-state index < -0.39 is 0 Å². The normalized spacial score (nSPS) is 11.6. The molecule has 0 bridgehead atoms. The molecule has 3 rings (SSSR count). The highest BCUT2D eigenvalue weighted by molar-refractivity contribution is 5.91. The molecule has 1 heterocycles. The van der Waals surface area contributed by atoms with Crippen molar-refractivity contribution in [3.05, 3.63) is 78.8 Å². The number of rotatable bonds is 8. The molecule has 0 radical (unpaired) electrons. The molecule has 0 fully saturated rings. The highest BCUT2D eigenvalue weighted by Crippen LogP contribution is 2.20. The third-order valence-electron chi connectivity index (χ3n) is 4.24. The van der Waals surface area contributed by atoms with Crippen LogP contribution < -0.4 is 15.5 Å². The number of furan rings is 1. The SMILES string of the molecule is C[NH+](CC(=O)NCc1ccco1)CC(=O)Nc1ccc(-c2ccccc2)cc1. The molecule has 0 spiro atoms. The van der Waals surface area contributed by atoms with Crippen molar-refractivity contribution in [1.29, 1.82) is 0 Å². The van der Waals surface area contributed by atoms with Crippen LogP contribution in [0.15, 0.2) is 77.4 Å². The molecule has 0 saturated heterocycles. The fraction of sp³-hybridized carbons (Fsp3) is 0.182. The molecular weight excluding hydrogens is 354 g/mol. The van der Waals surface area contributed by atoms with Gasteiger partial charge in [0.1, 0.15) is 5.76 Å². The first-order chi connectivity index (χ1) is 13.6. The Bertz CT molecular complexity index is 891. The van der Waals surface area contributed by atoms with Crippen LogP contribution in [-0.2, 0) is 16.1 Å². The lowest BCUT2D eigenvalue weighted by Crippen LogP contribution is -3.11. The van der Waals surface area contributed by atoms with Crippen molar-refractivity contribution >= 4 is 17.5 Å². The van der Waals surface area contributed by atoms with Crippen molar-refractivity contribution in [2.24, 2.45) is 0 Å². The molecule has 144 valence electrons. The van der Waals surface area contributed by atoms with Crippen molar-refractivity contribution in [2.75, 3.05) is 25.5 Å². The molecule has 3 aromatic rings. The molecule has 0 saturated carbocycles. The van der Waals surface area contributed by atoms with Gasteiger partial charge in [0.05, 0.1) is 19.9 Å². The topological polar surface area (TPSA) is 75.8 Å². The van der Waals surface area contributed by atoms with Crippen LogP contribution in [0.3, 0.4) is 0 Å². The highest BCUT2D eigenvalue weighted by Gasteiger charge is 2.14. The van der Waals surface area contributed by atoms with Gasteiger partial charge in [0.15, 0.2) is 13.1 Å². The number of anilines is 1. The van der Waals surface area contributed by atoms with Crippen LogP contribution in [0.5, 0.6) is 0 Å². The Hall–Kier alpha value is -3.38. The number of benzene rings is 2. The number of hydrogen-bond acceptors (Lipinski definition) is 3. The number of carbonyl (C=O) groups excluding carboxylic acids is 2. The summed E-state index contributed by atoms with van der Waals surface area (Å²) in [7, 11) is 1.81. The molecule has 0 aliphatic rings. The minimum atomic E-state index is -0.135. The molecular formula is C22H24N3O3+. The molecule has 2 amide bonds. The van der Waals surface area contributed by atoms with Crippen LogP contribution in [0.4, 0.5) is 5.69 Å². The van der Waals surface area contributed by atoms with Crippen LogP contribution >= 0.6 is 0 Å². The van der Waals surface area contributed by atoms with Gasteiger partial charge in [-0.2, -0.15) is 0 Å². The maximum absolute atomic E-state index is 12.2. The standard InChI is InChI=1S/C22H23N3O3/c1-25(15-21(26)23-14-20-8-5-13-28-20)16-22(27)24-19-11-9-18(10-12-19)17-6-3-2-4-7-17/h2-13H,14-16H2,1H3,(H,23,26)(H,24,27)/p+1. The number of hydrogen-bond donors (Lipinski definition) is 3. The number of nitrogens with one attached hydrogen (secondary N) is 3. The quantitative estimate of drug-likeness (QED) is 0.559. The average molecular weight is 378 g/mol. The number of likely N-dealkylation sites (N-methyl/N-ethyl adjacent to an activating group) is 1. The van der Waals surface area contributed by atoms with Gasteiger partial charge >= 0.3 is 0 Å². The molecule has 6 heteroatoms. The van der Waals surface area contributed by atoms with E-state index in [2.05, 4.69) is 10.6 Å². The molecule has 6 nitrogen and oxygen atoms in total. The second-order valence-electron chi connectivity index (χ2n) is 6.66. The number of carbonyl (C=O) groups is 2. The molecule has 2 aromatic carbocycles. The highest BCUT2D eigenvalue weighted by atomic mass is 16.3. The predicted octanol–water partition coefficient (Wildman–Crippen LogP) is 1.72. The van der Waals surface area contributed by atoms with Gasteiger partial charge in [0.2, 0.25) is 0 Å². The van der Waals surface area contributed by atoms with Crippen molar-refractivity contribution in [3.63, 3.8) is 0 Å². The first kappa shape index (κ1) is 19.4. The second-order valence-corrected chi connectivity index (χ2v) is 6.66. The maximum atomic E-state index is 12.2. The number of amides is 2. The fourth-order valence-electron chi connectivity index (χ4n) is 2.85. The van der Waals surface area contributed by atoms with Crippen LogP contribution in [0, 0.1) is 0 Å². The van der Waals surface area contributed by atoms with Gasteiger partial charge < -0.3 is 20.0 Å². The molecule has 3 N–H and O–H groups in total. The Labute approximate surface area is 164 Å². The van der Waals surface area contributed by atoms with Crippen LogP contribution in [0.2, 0.25) is 0 Å². The van der Waals surface area contributed by atoms with E-state index in [4.69, 9.17) is 4.42 Å². The van der Waals surface area contributed by atoms with E-state index in [0.717, 1.165) is 21.7 Å². The van der Waals surface area contributed by atoms with Gasteiger partial charge in [0, 0.05) is 5.69 Å². The van der Waals surface area contributed by atoms with E-state index in [1.807, 2.05) is 61.6 Å². The lowest BCUT2D eigenvalue weighted by molar-refractivity contribution is -0.862. The largest absolute Gasteiger partial charge is 0.467 e. The zero-order valence-corrected chi connectivity index (χ0v) is 15.8. The zero-order chi connectivity index (χ0) is 19.8. The first-order valence-corrected chi connectivity index (χ1v) is 9.16. The Morgan fingerprint density at radius 3 is 2.21 bits per heavy atom. The Morgan fingerprint density at radius 2 is 1.54 bits per heavy atom. The minimum absolute atomic E-state index is 0.131. The zero-order valence-electron chi connectivity index (χ0n) is 15.8. The molecule has 0 aliphatic heterocycles. The summed E-state index contributed by atoms with van der Waals surface area (Å²) in [4.78, 5) is 25.0. The first-order valence-electron chi connectivity index (χ1n) is 9.16. The van der Waals surface area contributed by atoms with Gasteiger partial charge in [-0.1, -0.05) is 42.5 Å². The van der Waals surface area contributed by atoms with E-state index >= 15 is 0 Å². The smallest absolute Gasteiger partial charge is 0.279 e. The summed E-state index contributed by atoms with van der Waals surface area (Å²) < 4.78 is 5.17. The number of quaternary nitrogens is 1. The van der Waals surface area contributed by atoms with Crippen molar-refractivity contribution < 1.29 is 18.9 Å². The van der Waals surface area contributed by atoms with Gasteiger partial charge in [-0.25, -0.2) is 0 Å². The predicted molar refractivity (Wildman–Crippen MR) is 108 cm³/mol. The monoisotopic (exact) mass is 378 g/mol. The Balaban J connectivity index is 1.43. The summed E-state index contributed by atoms with van der Waals surface area (Å²) in [6.07, 6.45) is 1.57. The van der Waals surface area contributed by atoms with Gasteiger partial charge in [-0.15, -0.1) is 0 Å². The van der Waals surface area contributed by atoms with Crippen molar-refractivity contribution in [3.8, 4) is 11.1 Å². The van der Waals surface area contributed by atoms with Crippen LogP contribution in [0.25, 0.3) is 11.1 Å². The van der Waals surface area contributed by atoms with Crippen LogP contribution in [-0.4, -0.2) is 32.0 Å². The lowest BCUT2D eigenvalue weighted by Gasteiger charge is -2.13. The maximum Gasteiger partial charge on any atom is 0.279 e. The van der Waals surface area contributed by atoms with Gasteiger partial charge in [-0.3, -0.25) is 9.59 Å². The summed E-state index contributed by atoms with van der Waals surface area (Å²) in [6.45, 7) is 0.759. The third-order valence-corrected chi connectivity index (χ3v) is 4.24. The van der Waals surface area contributed by atoms with Crippen LogP contribution in [0.1, 0.15) is 5.76 Å². The minimum Gasteiger partial charge on any atom is -0.467 e. The van der Waals surface area contributed by atoms with Gasteiger partial charge in [0.25, 0.3) is 11.8 Å². The van der Waals surface area contributed by atoms with Gasteiger partial charge in [-0.05, 0) is 35.4 Å². The molecule has 1 unspecified atom stereocenters. The molecule has 28 heavy (non-hydrogen) atoms. The molecule has 1 aromatic heterocycles. The average Bonchev–Trinajstić information content (AvgIpc) is 3.21. The summed E-state index contributed by atoms with van der Waals surface area (Å²) in [5, 5.41) is 5.65. The van der Waals surface area contributed by atoms with E-state index in [9.17, 15) is 9.59 Å². The summed E-state index contributed by atoms with van der Waals surface area (Å²) >= 11 is 0. The third kappa shape index (κ3) is 5.82. The van der Waals surface area contributed by atoms with E-state index in [1.54, 1.807) is 18.4 Å². The second kappa shape index (κ2) is 9.53. The fourth-order valence-corrected chi connectivity index (χ4v) is 2.85. The molecule has 1 atom stereocenters. The van der Waals surface area contributed by atoms with E-state index in [-0.39, 0.29) is 24.9 Å². The summed E-state index contributed by atoms with van der Waals surface area (Å²) in [6, 6.07) is 21.3. The Kier molecular flexibility index (Phi) is 6.59. The van der Waals surface area contributed by atoms with Crippen molar-refractivity contribution in [1.82, 2.24) is 5.32 Å².